The number of nitrogens with one attached hydrogen (secondary N) is 1. The summed E-state index contributed by atoms with van der Waals surface area (Å²) in [5.74, 6) is -3.65. The Balaban J connectivity index is 0.000000226. The predicted molar refractivity (Wildman–Crippen MR) is 43.6 cm³/mol. The van der Waals surface area contributed by atoms with Gasteiger partial charge in [-0.25, -0.2) is 9.59 Å². The number of methoxy groups -OCH3 is 1. The quantitative estimate of drug-likeness (QED) is 0.492. The van der Waals surface area contributed by atoms with Gasteiger partial charge in [0.05, 0.1) is 6.61 Å². The van der Waals surface area contributed by atoms with Crippen LogP contribution in [-0.4, -0.2) is 48.5 Å². The molecule has 13 heavy (non-hydrogen) atoms. The van der Waals surface area contributed by atoms with E-state index in [1.54, 1.807) is 7.11 Å². The zero-order valence-corrected chi connectivity index (χ0v) is 7.32. The number of carboxylic acid groups (broad SMARTS) is 2. The number of hydrogen-bond donors (Lipinski definition) is 3. The minimum absolute atomic E-state index is 0.657. The van der Waals surface area contributed by atoms with Crippen molar-refractivity contribution >= 4 is 11.9 Å². The fraction of sp³-hybridized carbons (Fsp3) is 0.714. The lowest BCUT2D eigenvalue weighted by molar-refractivity contribution is -0.159. The first-order valence-corrected chi connectivity index (χ1v) is 3.76. The zero-order valence-electron chi connectivity index (χ0n) is 7.32. The standard InChI is InChI=1S/C5H11NO.C2H2O4/c1-7-4-5-2-3-6-5;3-1(4)2(5)6/h5-6H,2-4H2,1H3;(H,3,4)(H,5,6)/t5-;/m0./s1. The molecule has 0 spiro atoms. The lowest BCUT2D eigenvalue weighted by Crippen LogP contribution is -2.45. The Bertz CT molecular complexity index is 166. The lowest BCUT2D eigenvalue weighted by Gasteiger charge is -2.26. The fourth-order valence-corrected chi connectivity index (χ4v) is 0.692. The van der Waals surface area contributed by atoms with Crippen molar-refractivity contribution in [2.45, 2.75) is 12.5 Å². The Labute approximate surface area is 75.5 Å². The first-order chi connectivity index (χ1) is 6.07. The molecule has 1 saturated heterocycles. The third-order valence-corrected chi connectivity index (χ3v) is 1.48. The van der Waals surface area contributed by atoms with Gasteiger partial charge in [-0.15, -0.1) is 0 Å². The largest absolute Gasteiger partial charge is 0.473 e. The first-order valence-electron chi connectivity index (χ1n) is 3.76. The van der Waals surface area contributed by atoms with Gasteiger partial charge in [0.2, 0.25) is 0 Å². The minimum atomic E-state index is -1.82. The smallest absolute Gasteiger partial charge is 0.414 e. The Morgan fingerprint density at radius 3 is 2.00 bits per heavy atom. The maximum atomic E-state index is 9.10. The number of rotatable bonds is 2. The van der Waals surface area contributed by atoms with Crippen molar-refractivity contribution in [2.75, 3.05) is 20.3 Å². The third kappa shape index (κ3) is 6.06. The van der Waals surface area contributed by atoms with Crippen LogP contribution in [0.25, 0.3) is 0 Å². The molecule has 1 fully saturated rings. The van der Waals surface area contributed by atoms with Gasteiger partial charge >= 0.3 is 11.9 Å². The molecule has 0 aromatic rings. The molecule has 0 bridgehead atoms. The van der Waals surface area contributed by atoms with E-state index in [0.717, 1.165) is 6.61 Å². The van der Waals surface area contributed by atoms with Gasteiger partial charge in [0.15, 0.2) is 0 Å². The van der Waals surface area contributed by atoms with Crippen LogP contribution in [0.4, 0.5) is 0 Å². The molecule has 76 valence electrons. The molecule has 1 atom stereocenters. The summed E-state index contributed by atoms with van der Waals surface area (Å²) in [7, 11) is 1.74. The molecule has 0 unspecified atom stereocenters. The van der Waals surface area contributed by atoms with Crippen molar-refractivity contribution < 1.29 is 24.5 Å². The van der Waals surface area contributed by atoms with Gasteiger partial charge in [0.1, 0.15) is 0 Å². The monoisotopic (exact) mass is 191 g/mol. The minimum Gasteiger partial charge on any atom is -0.473 e. The number of aliphatic carboxylic acids is 2. The molecule has 6 heteroatoms. The topological polar surface area (TPSA) is 95.9 Å². The van der Waals surface area contributed by atoms with Gasteiger partial charge < -0.3 is 20.3 Å². The van der Waals surface area contributed by atoms with Gasteiger partial charge in [0.25, 0.3) is 0 Å². The molecular weight excluding hydrogens is 178 g/mol. The van der Waals surface area contributed by atoms with Crippen molar-refractivity contribution in [1.82, 2.24) is 5.32 Å². The average molecular weight is 191 g/mol. The van der Waals surface area contributed by atoms with E-state index in [9.17, 15) is 0 Å². The number of hydrogen-bond acceptors (Lipinski definition) is 4. The van der Waals surface area contributed by atoms with Crippen molar-refractivity contribution in [3.63, 3.8) is 0 Å². The lowest BCUT2D eigenvalue weighted by atomic mass is 10.1. The Hall–Kier alpha value is -1.14. The Kier molecular flexibility index (Phi) is 5.82. The summed E-state index contributed by atoms with van der Waals surface area (Å²) in [5, 5.41) is 18.0. The van der Waals surface area contributed by atoms with Crippen LogP contribution in [0.1, 0.15) is 6.42 Å². The van der Waals surface area contributed by atoms with Crippen molar-refractivity contribution in [3.05, 3.63) is 0 Å². The fourth-order valence-electron chi connectivity index (χ4n) is 0.692. The average Bonchev–Trinajstić information content (AvgIpc) is 1.98. The van der Waals surface area contributed by atoms with E-state index in [2.05, 4.69) is 5.32 Å². The van der Waals surface area contributed by atoms with E-state index in [1.807, 2.05) is 0 Å². The van der Waals surface area contributed by atoms with Crippen LogP contribution in [-0.2, 0) is 14.3 Å². The number of carboxylic acids is 2. The molecule has 1 aliphatic rings. The van der Waals surface area contributed by atoms with Gasteiger partial charge in [0, 0.05) is 13.2 Å². The maximum absolute atomic E-state index is 9.10. The van der Waals surface area contributed by atoms with Gasteiger partial charge in [-0.1, -0.05) is 0 Å². The van der Waals surface area contributed by atoms with Gasteiger partial charge in [-0.05, 0) is 13.0 Å². The highest BCUT2D eigenvalue weighted by molar-refractivity contribution is 6.27. The molecule has 1 heterocycles. The molecule has 0 amide bonds. The van der Waals surface area contributed by atoms with Crippen LogP contribution in [0, 0.1) is 0 Å². The van der Waals surface area contributed by atoms with E-state index < -0.39 is 11.9 Å². The number of carbonyl (C=O) groups is 2. The van der Waals surface area contributed by atoms with Crippen LogP contribution >= 0.6 is 0 Å². The molecule has 0 aromatic heterocycles. The molecule has 1 aliphatic heterocycles. The van der Waals surface area contributed by atoms with Gasteiger partial charge in [-0.2, -0.15) is 0 Å². The highest BCUT2D eigenvalue weighted by Gasteiger charge is 2.14. The third-order valence-electron chi connectivity index (χ3n) is 1.48. The first kappa shape index (κ1) is 11.9. The highest BCUT2D eigenvalue weighted by atomic mass is 16.5. The van der Waals surface area contributed by atoms with Gasteiger partial charge in [-0.3, -0.25) is 0 Å². The van der Waals surface area contributed by atoms with E-state index >= 15 is 0 Å². The van der Waals surface area contributed by atoms with E-state index in [1.165, 1.54) is 13.0 Å². The second-order valence-electron chi connectivity index (χ2n) is 2.51. The van der Waals surface area contributed by atoms with Crippen LogP contribution < -0.4 is 5.32 Å². The highest BCUT2D eigenvalue weighted by Crippen LogP contribution is 1.99. The SMILES string of the molecule is COC[C@@H]1CCN1.O=C(O)C(=O)O. The predicted octanol–water partition coefficient (Wildman–Crippen LogP) is -0.850. The second-order valence-corrected chi connectivity index (χ2v) is 2.51. The van der Waals surface area contributed by atoms with Crippen LogP contribution in [0.3, 0.4) is 0 Å². The van der Waals surface area contributed by atoms with Crippen LogP contribution in [0.2, 0.25) is 0 Å². The summed E-state index contributed by atoms with van der Waals surface area (Å²) < 4.78 is 4.88. The molecule has 0 aromatic carbocycles. The van der Waals surface area contributed by atoms with Crippen LogP contribution in [0.15, 0.2) is 0 Å². The molecular formula is C7H13NO5. The molecule has 0 saturated carbocycles. The summed E-state index contributed by atoms with van der Waals surface area (Å²) in [4.78, 5) is 18.2. The van der Waals surface area contributed by atoms with Crippen molar-refractivity contribution in [3.8, 4) is 0 Å². The Morgan fingerprint density at radius 2 is 1.92 bits per heavy atom. The molecule has 0 aliphatic carbocycles. The molecule has 0 radical (unpaired) electrons. The zero-order chi connectivity index (χ0) is 10.3. The van der Waals surface area contributed by atoms with E-state index in [4.69, 9.17) is 24.5 Å². The molecule has 6 nitrogen and oxygen atoms in total. The normalized spacial score (nSPS) is 19.3. The second kappa shape index (κ2) is 6.38. The summed E-state index contributed by atoms with van der Waals surface area (Å²) in [6.07, 6.45) is 1.29. The van der Waals surface area contributed by atoms with Crippen molar-refractivity contribution in [2.24, 2.45) is 0 Å². The summed E-state index contributed by atoms with van der Waals surface area (Å²) in [6, 6.07) is 0.657. The molecule has 3 N–H and O–H groups in total. The summed E-state index contributed by atoms with van der Waals surface area (Å²) >= 11 is 0. The Morgan fingerprint density at radius 1 is 1.46 bits per heavy atom. The summed E-state index contributed by atoms with van der Waals surface area (Å²) in [5.41, 5.74) is 0. The number of ether oxygens (including phenoxy) is 1. The van der Waals surface area contributed by atoms with Crippen molar-refractivity contribution in [1.29, 1.82) is 0 Å². The summed E-state index contributed by atoms with van der Waals surface area (Å²) in [6.45, 7) is 2.05. The van der Waals surface area contributed by atoms with E-state index in [0.29, 0.717) is 6.04 Å². The van der Waals surface area contributed by atoms with Crippen LogP contribution in [0.5, 0.6) is 0 Å². The maximum Gasteiger partial charge on any atom is 0.414 e. The van der Waals surface area contributed by atoms with E-state index in [-0.39, 0.29) is 0 Å². The molecule has 1 rings (SSSR count).